The lowest BCUT2D eigenvalue weighted by molar-refractivity contribution is -0.120. The number of hydrogen-bond acceptors (Lipinski definition) is 4. The molecule has 0 fully saturated rings. The van der Waals surface area contributed by atoms with Crippen molar-refractivity contribution in [1.29, 1.82) is 0 Å². The fourth-order valence-corrected chi connectivity index (χ4v) is 2.23. The van der Waals surface area contributed by atoms with Gasteiger partial charge in [-0.1, -0.05) is 30.3 Å². The third-order valence-corrected chi connectivity index (χ3v) is 3.54. The third kappa shape index (κ3) is 5.93. The number of carbonyl (C=O) groups excluding carboxylic acids is 1. The predicted molar refractivity (Wildman–Crippen MR) is 95.4 cm³/mol. The van der Waals surface area contributed by atoms with E-state index in [0.717, 1.165) is 11.3 Å². The smallest absolute Gasteiger partial charge is 0.239 e. The third-order valence-electron chi connectivity index (χ3n) is 3.54. The van der Waals surface area contributed by atoms with E-state index in [1.807, 2.05) is 73.5 Å². The van der Waals surface area contributed by atoms with Crippen molar-refractivity contribution in [2.24, 2.45) is 0 Å². The molecule has 0 radical (unpaired) electrons. The largest absolute Gasteiger partial charge is 0.491 e. The first-order valence-corrected chi connectivity index (χ1v) is 7.95. The summed E-state index contributed by atoms with van der Waals surface area (Å²) in [5.41, 5.74) is 2.07. The molecular formula is C19H24N2O3. The summed E-state index contributed by atoms with van der Waals surface area (Å²) in [6, 6.07) is 17.3. The van der Waals surface area contributed by atoms with Crippen LogP contribution in [0.2, 0.25) is 0 Å². The Morgan fingerprint density at radius 1 is 1.21 bits per heavy atom. The number of likely N-dealkylation sites (N-methyl/N-ethyl adjacent to an activating group) is 1. The molecule has 5 heteroatoms. The van der Waals surface area contributed by atoms with Crippen molar-refractivity contribution in [1.82, 2.24) is 5.32 Å². The summed E-state index contributed by atoms with van der Waals surface area (Å²) in [5, 5.41) is 12.6. The highest BCUT2D eigenvalue weighted by molar-refractivity contribution is 5.81. The number of aryl methyl sites for hydroxylation is 1. The van der Waals surface area contributed by atoms with E-state index in [1.54, 1.807) is 0 Å². The molecule has 0 saturated heterocycles. The molecule has 2 rings (SSSR count). The van der Waals surface area contributed by atoms with Crippen molar-refractivity contribution in [3.05, 3.63) is 60.2 Å². The Balaban J connectivity index is 1.69. The Morgan fingerprint density at radius 3 is 2.67 bits per heavy atom. The maximum Gasteiger partial charge on any atom is 0.239 e. The van der Waals surface area contributed by atoms with Crippen LogP contribution in [0.5, 0.6) is 5.75 Å². The first-order chi connectivity index (χ1) is 11.5. The molecule has 0 spiro atoms. The van der Waals surface area contributed by atoms with Crippen molar-refractivity contribution in [2.75, 3.05) is 31.6 Å². The quantitative estimate of drug-likeness (QED) is 0.778. The molecule has 0 aliphatic carbocycles. The normalized spacial score (nSPS) is 11.6. The number of hydrogen-bond donors (Lipinski definition) is 2. The number of rotatable bonds is 8. The van der Waals surface area contributed by atoms with Crippen LogP contribution in [0, 0.1) is 6.92 Å². The number of nitrogens with zero attached hydrogens (tertiary/aromatic N) is 1. The van der Waals surface area contributed by atoms with Gasteiger partial charge in [-0.3, -0.25) is 4.79 Å². The van der Waals surface area contributed by atoms with Gasteiger partial charge in [-0.15, -0.1) is 0 Å². The van der Waals surface area contributed by atoms with E-state index in [-0.39, 0.29) is 25.6 Å². The van der Waals surface area contributed by atoms with Crippen molar-refractivity contribution in [3.63, 3.8) is 0 Å². The summed E-state index contributed by atoms with van der Waals surface area (Å²) >= 11 is 0. The molecule has 0 saturated carbocycles. The van der Waals surface area contributed by atoms with Crippen molar-refractivity contribution >= 4 is 11.6 Å². The van der Waals surface area contributed by atoms with Crippen LogP contribution in [0.4, 0.5) is 5.69 Å². The summed E-state index contributed by atoms with van der Waals surface area (Å²) < 4.78 is 5.52. The van der Waals surface area contributed by atoms with Crippen molar-refractivity contribution < 1.29 is 14.6 Å². The summed E-state index contributed by atoms with van der Waals surface area (Å²) in [6.45, 7) is 2.51. The number of aliphatic hydroxyl groups excluding tert-OH is 1. The number of amides is 1. The summed E-state index contributed by atoms with van der Waals surface area (Å²) in [5.74, 6) is 0.570. The van der Waals surface area contributed by atoms with Crippen LogP contribution in [0.25, 0.3) is 0 Å². The van der Waals surface area contributed by atoms with Gasteiger partial charge in [-0.25, -0.2) is 0 Å². The van der Waals surface area contributed by atoms with Crippen LogP contribution in [0.1, 0.15) is 5.56 Å². The molecule has 0 aromatic heterocycles. The highest BCUT2D eigenvalue weighted by Crippen LogP contribution is 2.12. The monoisotopic (exact) mass is 328 g/mol. The van der Waals surface area contributed by atoms with Crippen molar-refractivity contribution in [3.8, 4) is 5.75 Å². The molecule has 0 bridgehead atoms. The first-order valence-electron chi connectivity index (χ1n) is 7.95. The molecule has 1 amide bonds. The molecule has 1 unspecified atom stereocenters. The zero-order chi connectivity index (χ0) is 17.4. The van der Waals surface area contributed by atoms with E-state index in [0.29, 0.717) is 5.75 Å². The minimum absolute atomic E-state index is 0.137. The second kappa shape index (κ2) is 8.93. The molecule has 1 atom stereocenters. The molecule has 0 aliphatic rings. The lowest BCUT2D eigenvalue weighted by Crippen LogP contribution is -2.40. The van der Waals surface area contributed by atoms with E-state index in [4.69, 9.17) is 4.74 Å². The zero-order valence-corrected chi connectivity index (χ0v) is 14.1. The van der Waals surface area contributed by atoms with Gasteiger partial charge in [0.1, 0.15) is 18.5 Å². The minimum Gasteiger partial charge on any atom is -0.491 e. The fourth-order valence-electron chi connectivity index (χ4n) is 2.23. The Morgan fingerprint density at radius 2 is 1.96 bits per heavy atom. The Hall–Kier alpha value is -2.53. The Kier molecular flexibility index (Phi) is 6.63. The van der Waals surface area contributed by atoms with Gasteiger partial charge in [0, 0.05) is 19.3 Å². The van der Waals surface area contributed by atoms with Gasteiger partial charge in [0.05, 0.1) is 6.54 Å². The molecule has 5 nitrogen and oxygen atoms in total. The number of nitrogens with one attached hydrogen (secondary N) is 1. The predicted octanol–water partition coefficient (Wildman–Crippen LogP) is 1.99. The van der Waals surface area contributed by atoms with Crippen LogP contribution in [0.15, 0.2) is 54.6 Å². The second-order valence-corrected chi connectivity index (χ2v) is 5.78. The standard InChI is InChI=1S/C19H24N2O3/c1-15-7-6-10-18(11-15)24-14-17(22)12-20-19(23)13-21(2)16-8-4-3-5-9-16/h3-11,17,22H,12-14H2,1-2H3,(H,20,23). The molecule has 0 heterocycles. The molecule has 128 valence electrons. The highest BCUT2D eigenvalue weighted by Gasteiger charge is 2.10. The average molecular weight is 328 g/mol. The van der Waals surface area contributed by atoms with Crippen LogP contribution in [-0.4, -0.2) is 43.9 Å². The fraction of sp³-hybridized carbons (Fsp3) is 0.316. The number of ether oxygens (including phenoxy) is 1. The summed E-state index contributed by atoms with van der Waals surface area (Å²) in [7, 11) is 1.85. The van der Waals surface area contributed by atoms with E-state index < -0.39 is 6.10 Å². The summed E-state index contributed by atoms with van der Waals surface area (Å²) in [6.07, 6.45) is -0.753. The molecule has 0 aliphatic heterocycles. The Labute approximate surface area is 142 Å². The molecule has 2 aromatic rings. The second-order valence-electron chi connectivity index (χ2n) is 5.78. The van der Waals surface area contributed by atoms with E-state index in [2.05, 4.69) is 5.32 Å². The Bertz CT molecular complexity index is 646. The van der Waals surface area contributed by atoms with Crippen LogP contribution >= 0.6 is 0 Å². The summed E-state index contributed by atoms with van der Waals surface area (Å²) in [4.78, 5) is 13.8. The number of para-hydroxylation sites is 1. The SMILES string of the molecule is Cc1cccc(OCC(O)CNC(=O)CN(C)c2ccccc2)c1. The minimum atomic E-state index is -0.753. The lowest BCUT2D eigenvalue weighted by Gasteiger charge is -2.19. The topological polar surface area (TPSA) is 61.8 Å². The number of benzene rings is 2. The molecule has 2 aromatic carbocycles. The zero-order valence-electron chi connectivity index (χ0n) is 14.1. The maximum absolute atomic E-state index is 11.9. The van der Waals surface area contributed by atoms with Crippen LogP contribution < -0.4 is 15.0 Å². The van der Waals surface area contributed by atoms with Gasteiger partial charge in [-0.05, 0) is 36.8 Å². The first kappa shape index (κ1) is 17.8. The van der Waals surface area contributed by atoms with Gasteiger partial charge >= 0.3 is 0 Å². The maximum atomic E-state index is 11.9. The van der Waals surface area contributed by atoms with Gasteiger partial charge in [0.25, 0.3) is 0 Å². The van der Waals surface area contributed by atoms with Crippen LogP contribution in [0.3, 0.4) is 0 Å². The van der Waals surface area contributed by atoms with Crippen LogP contribution in [-0.2, 0) is 4.79 Å². The lowest BCUT2D eigenvalue weighted by atomic mass is 10.2. The highest BCUT2D eigenvalue weighted by atomic mass is 16.5. The van der Waals surface area contributed by atoms with E-state index in [9.17, 15) is 9.90 Å². The molecule has 24 heavy (non-hydrogen) atoms. The van der Waals surface area contributed by atoms with Gasteiger partial charge in [0.15, 0.2) is 0 Å². The number of anilines is 1. The average Bonchev–Trinajstić information content (AvgIpc) is 2.59. The number of aliphatic hydroxyl groups is 1. The van der Waals surface area contributed by atoms with Gasteiger partial charge in [-0.2, -0.15) is 0 Å². The van der Waals surface area contributed by atoms with Gasteiger partial charge < -0.3 is 20.1 Å². The number of carbonyl (C=O) groups is 1. The van der Waals surface area contributed by atoms with E-state index in [1.165, 1.54) is 0 Å². The molecular weight excluding hydrogens is 304 g/mol. The van der Waals surface area contributed by atoms with Gasteiger partial charge in [0.2, 0.25) is 5.91 Å². The van der Waals surface area contributed by atoms with Crippen molar-refractivity contribution in [2.45, 2.75) is 13.0 Å². The van der Waals surface area contributed by atoms with E-state index >= 15 is 0 Å². The molecule has 2 N–H and O–H groups in total.